The van der Waals surface area contributed by atoms with E-state index in [-0.39, 0.29) is 19.1 Å². The molecule has 8 nitrogen and oxygen atoms in total. The molecule has 0 aromatic rings. The highest BCUT2D eigenvalue weighted by atomic mass is 31.2. The van der Waals surface area contributed by atoms with Crippen molar-refractivity contribution in [3.8, 4) is 0 Å². The number of phosphoric acid groups is 1. The molecular weight excluding hydrogens is 768 g/mol. The Kier molecular flexibility index (Phi) is 40.4. The maximum absolute atomic E-state index is 12.9. The molecule has 0 saturated heterocycles. The molecule has 0 spiro atoms. The Hall–Kier alpha value is -2.32. The van der Waals surface area contributed by atoms with Crippen molar-refractivity contribution in [2.75, 3.05) is 40.9 Å². The number of hydrogen-bond acceptors (Lipinski definition) is 5. The molecule has 0 aliphatic heterocycles. The van der Waals surface area contributed by atoms with E-state index in [0.29, 0.717) is 17.4 Å². The van der Waals surface area contributed by atoms with Crippen LogP contribution < -0.4 is 5.32 Å². The van der Waals surface area contributed by atoms with Crippen LogP contribution in [0.1, 0.15) is 181 Å². The molecule has 0 fully saturated rings. The summed E-state index contributed by atoms with van der Waals surface area (Å²) in [4.78, 5) is 23.1. The monoisotopic (exact) mass is 860 g/mol. The first-order valence-electron chi connectivity index (χ1n) is 24.0. The minimum atomic E-state index is -4.34. The Morgan fingerprint density at radius 3 is 1.53 bits per heavy atom. The van der Waals surface area contributed by atoms with E-state index in [0.717, 1.165) is 70.6 Å². The normalized spacial score (nSPS) is 15.0. The Morgan fingerprint density at radius 2 is 1.02 bits per heavy atom. The number of nitrogens with one attached hydrogen (secondary N) is 1. The number of likely N-dealkylation sites (N-methyl/N-ethyl adjacent to an activating group) is 1. The van der Waals surface area contributed by atoms with E-state index in [9.17, 15) is 19.4 Å². The summed E-state index contributed by atoms with van der Waals surface area (Å²) in [5.41, 5.74) is 0. The van der Waals surface area contributed by atoms with Crippen LogP contribution in [0.5, 0.6) is 0 Å². The number of allylic oxidation sites excluding steroid dienone is 13. The predicted molar refractivity (Wildman–Crippen MR) is 258 cm³/mol. The molecule has 0 rings (SSSR count). The number of aliphatic hydroxyl groups is 1. The van der Waals surface area contributed by atoms with Crippen LogP contribution in [0.4, 0.5) is 0 Å². The average Bonchev–Trinajstić information content (AvgIpc) is 3.20. The third-order valence-electron chi connectivity index (χ3n) is 10.1. The van der Waals surface area contributed by atoms with Crippen LogP contribution in [0.15, 0.2) is 85.1 Å². The Morgan fingerprint density at radius 1 is 0.583 bits per heavy atom. The lowest BCUT2D eigenvalue weighted by molar-refractivity contribution is -0.870. The number of quaternary nitrogens is 1. The maximum Gasteiger partial charge on any atom is 0.472 e. The first-order chi connectivity index (χ1) is 29.0. The summed E-state index contributed by atoms with van der Waals surface area (Å²) in [6.07, 6.45) is 58.3. The van der Waals surface area contributed by atoms with Crippen molar-refractivity contribution >= 4 is 13.7 Å². The SMILES string of the molecule is CC/C=C\C/C=C\C/C=C\C/C=C\C/C=C\CCCCCCCCCCCCCCCC(=O)NC(COP(=O)(O)OCC[N+](C)(C)C)C(O)/C=C/CC/C=C/CCCCC. The van der Waals surface area contributed by atoms with Gasteiger partial charge in [-0.25, -0.2) is 4.57 Å². The molecule has 9 heteroatoms. The van der Waals surface area contributed by atoms with Crippen LogP contribution in [0.3, 0.4) is 0 Å². The van der Waals surface area contributed by atoms with Crippen molar-refractivity contribution in [3.05, 3.63) is 85.1 Å². The highest BCUT2D eigenvalue weighted by Crippen LogP contribution is 2.43. The van der Waals surface area contributed by atoms with Gasteiger partial charge in [-0.3, -0.25) is 13.8 Å². The van der Waals surface area contributed by atoms with E-state index < -0.39 is 20.0 Å². The number of amides is 1. The van der Waals surface area contributed by atoms with E-state index in [1.165, 1.54) is 89.9 Å². The lowest BCUT2D eigenvalue weighted by Crippen LogP contribution is -2.45. The van der Waals surface area contributed by atoms with Gasteiger partial charge in [0, 0.05) is 6.42 Å². The van der Waals surface area contributed by atoms with Crippen molar-refractivity contribution in [1.82, 2.24) is 5.32 Å². The van der Waals surface area contributed by atoms with E-state index in [4.69, 9.17) is 9.05 Å². The van der Waals surface area contributed by atoms with Crippen molar-refractivity contribution in [3.63, 3.8) is 0 Å². The van der Waals surface area contributed by atoms with E-state index in [1.54, 1.807) is 6.08 Å². The van der Waals surface area contributed by atoms with E-state index >= 15 is 0 Å². The van der Waals surface area contributed by atoms with Crippen molar-refractivity contribution in [2.24, 2.45) is 0 Å². The highest BCUT2D eigenvalue weighted by Gasteiger charge is 2.27. The van der Waals surface area contributed by atoms with Crippen molar-refractivity contribution in [1.29, 1.82) is 0 Å². The molecule has 0 aromatic carbocycles. The molecule has 0 aliphatic rings. The van der Waals surface area contributed by atoms with Crippen LogP contribution in [-0.4, -0.2) is 73.4 Å². The van der Waals surface area contributed by atoms with Gasteiger partial charge in [-0.15, -0.1) is 0 Å². The topological polar surface area (TPSA) is 105 Å². The van der Waals surface area contributed by atoms with E-state index in [2.05, 4.69) is 92.1 Å². The number of unbranched alkanes of at least 4 members (excludes halogenated alkanes) is 17. The largest absolute Gasteiger partial charge is 0.472 e. The summed E-state index contributed by atoms with van der Waals surface area (Å²) in [6.45, 7) is 4.60. The summed E-state index contributed by atoms with van der Waals surface area (Å²) in [6, 6.07) is -0.865. The molecule has 0 radical (unpaired) electrons. The summed E-state index contributed by atoms with van der Waals surface area (Å²) in [7, 11) is 1.54. The van der Waals surface area contributed by atoms with Gasteiger partial charge in [-0.1, -0.05) is 182 Å². The average molecular weight is 860 g/mol. The van der Waals surface area contributed by atoms with Crippen molar-refractivity contribution < 1.29 is 32.9 Å². The fourth-order valence-electron chi connectivity index (χ4n) is 6.32. The van der Waals surface area contributed by atoms with Gasteiger partial charge >= 0.3 is 7.82 Å². The van der Waals surface area contributed by atoms with Gasteiger partial charge in [0.1, 0.15) is 13.2 Å². The molecule has 346 valence electrons. The molecule has 3 N–H and O–H groups in total. The van der Waals surface area contributed by atoms with Crippen molar-refractivity contribution in [2.45, 2.75) is 193 Å². The minimum absolute atomic E-state index is 0.0522. The summed E-state index contributed by atoms with van der Waals surface area (Å²) >= 11 is 0. The molecule has 3 unspecified atom stereocenters. The Bertz CT molecular complexity index is 1250. The number of rotatable bonds is 42. The Balaban J connectivity index is 4.12. The summed E-state index contributed by atoms with van der Waals surface area (Å²) < 4.78 is 23.5. The van der Waals surface area contributed by atoms with Crippen LogP contribution >= 0.6 is 7.82 Å². The molecule has 0 bridgehead atoms. The number of carbonyl (C=O) groups excluding carboxylic acids is 1. The Labute approximate surface area is 369 Å². The highest BCUT2D eigenvalue weighted by molar-refractivity contribution is 7.47. The maximum atomic E-state index is 12.9. The molecule has 3 atom stereocenters. The molecule has 0 aliphatic carbocycles. The molecule has 0 aromatic heterocycles. The fraction of sp³-hybridized carbons (Fsp3) is 0.706. The third-order valence-corrected chi connectivity index (χ3v) is 11.1. The summed E-state index contributed by atoms with van der Waals surface area (Å²) in [5, 5.41) is 13.7. The third kappa shape index (κ3) is 43.8. The second-order valence-corrected chi connectivity index (χ2v) is 18.5. The molecule has 0 saturated carbocycles. The quantitative estimate of drug-likeness (QED) is 0.0244. The zero-order chi connectivity index (χ0) is 44.3. The lowest BCUT2D eigenvalue weighted by atomic mass is 10.0. The zero-order valence-corrected chi connectivity index (χ0v) is 40.1. The second kappa shape index (κ2) is 42.0. The number of hydrogen-bond donors (Lipinski definition) is 3. The van der Waals surface area contributed by atoms with Crippen LogP contribution in [0.25, 0.3) is 0 Å². The first-order valence-corrected chi connectivity index (χ1v) is 25.5. The van der Waals surface area contributed by atoms with Gasteiger partial charge in [-0.05, 0) is 77.0 Å². The minimum Gasteiger partial charge on any atom is -0.387 e. The second-order valence-electron chi connectivity index (χ2n) is 17.1. The van der Waals surface area contributed by atoms with Gasteiger partial charge in [0.2, 0.25) is 5.91 Å². The van der Waals surface area contributed by atoms with Gasteiger partial charge in [0.15, 0.2) is 0 Å². The smallest absolute Gasteiger partial charge is 0.387 e. The molecule has 1 amide bonds. The standard InChI is InChI=1S/C51H91N2O6P/c1-6-8-10-12-14-16-17-18-19-20-21-22-23-24-25-26-27-28-29-30-31-32-33-34-35-37-39-41-43-45-51(55)52-49(48-59-60(56,57)58-47-46-53(3,4)5)50(54)44-42-40-38-36-15-13-11-9-7-2/h8,10,14-16,18-19,21-22,24-25,36,42,44,49-50,54H,6-7,9,11-13,17,20,23,26-35,37-41,43,45-48H2,1-5H3,(H-,52,55,56,57)/p+1/b10-8-,16-14-,19-18-,22-21-,25-24-,36-15+,44-42+. The van der Waals surface area contributed by atoms with Crippen LogP contribution in [-0.2, 0) is 18.4 Å². The predicted octanol–water partition coefficient (Wildman–Crippen LogP) is 13.7. The molecule has 60 heavy (non-hydrogen) atoms. The fourth-order valence-corrected chi connectivity index (χ4v) is 7.05. The number of phosphoric ester groups is 1. The molecule has 0 heterocycles. The first kappa shape index (κ1) is 57.7. The molecular formula is C51H92N2O6P+. The van der Waals surface area contributed by atoms with E-state index in [1.807, 2.05) is 27.2 Å². The van der Waals surface area contributed by atoms with Crippen LogP contribution in [0, 0.1) is 0 Å². The lowest BCUT2D eigenvalue weighted by Gasteiger charge is -2.25. The van der Waals surface area contributed by atoms with Gasteiger partial charge < -0.3 is 19.8 Å². The van der Waals surface area contributed by atoms with Gasteiger partial charge in [-0.2, -0.15) is 0 Å². The summed E-state index contributed by atoms with van der Waals surface area (Å²) in [5.74, 6) is -0.195. The number of aliphatic hydroxyl groups excluding tert-OH is 1. The van der Waals surface area contributed by atoms with Gasteiger partial charge in [0.05, 0.1) is 39.9 Å². The number of nitrogens with zero attached hydrogens (tertiary/aromatic N) is 1. The zero-order valence-electron chi connectivity index (χ0n) is 39.2. The number of carbonyl (C=O) groups is 1. The van der Waals surface area contributed by atoms with Crippen LogP contribution in [0.2, 0.25) is 0 Å². The van der Waals surface area contributed by atoms with Gasteiger partial charge in [0.25, 0.3) is 0 Å².